The van der Waals surface area contributed by atoms with Crippen LogP contribution in [-0.2, 0) is 4.79 Å². The van der Waals surface area contributed by atoms with Crippen LogP contribution in [0, 0.1) is 19.7 Å². The number of aromatic nitrogens is 3. The Hall–Kier alpha value is -3.16. The molecule has 1 heterocycles. The molecule has 1 N–H and O–H groups in total. The molecule has 0 unspecified atom stereocenters. The first kappa shape index (κ1) is 22.0. The van der Waals surface area contributed by atoms with E-state index in [1.807, 2.05) is 44.2 Å². The summed E-state index contributed by atoms with van der Waals surface area (Å²) in [6, 6.07) is 19.1. The molecule has 3 aromatic carbocycles. The maximum Gasteiger partial charge on any atom is 0.234 e. The van der Waals surface area contributed by atoms with Crippen LogP contribution in [0.2, 0.25) is 5.02 Å². The molecule has 0 saturated heterocycles. The van der Waals surface area contributed by atoms with E-state index in [2.05, 4.69) is 15.5 Å². The molecule has 1 aromatic heterocycles. The van der Waals surface area contributed by atoms with Gasteiger partial charge in [0.15, 0.2) is 11.0 Å². The smallest absolute Gasteiger partial charge is 0.234 e. The van der Waals surface area contributed by atoms with Crippen LogP contribution in [0.3, 0.4) is 0 Å². The highest BCUT2D eigenvalue weighted by Gasteiger charge is 2.18. The van der Waals surface area contributed by atoms with E-state index in [0.717, 1.165) is 22.4 Å². The Morgan fingerprint density at radius 3 is 2.44 bits per heavy atom. The summed E-state index contributed by atoms with van der Waals surface area (Å²) >= 11 is 7.27. The molecule has 0 aliphatic heterocycles. The zero-order valence-corrected chi connectivity index (χ0v) is 19.0. The number of nitrogens with one attached hydrogen (secondary N) is 1. The predicted octanol–water partition coefficient (Wildman–Crippen LogP) is 6.07. The van der Waals surface area contributed by atoms with Crippen molar-refractivity contribution in [2.75, 3.05) is 11.1 Å². The monoisotopic (exact) mass is 466 g/mol. The second-order valence-corrected chi connectivity index (χ2v) is 8.66. The highest BCUT2D eigenvalue weighted by Crippen LogP contribution is 2.29. The van der Waals surface area contributed by atoms with Crippen molar-refractivity contribution in [1.82, 2.24) is 14.8 Å². The van der Waals surface area contributed by atoms with Crippen molar-refractivity contribution < 1.29 is 9.18 Å². The SMILES string of the molecule is Cc1ccc(NC(=O)CSc2nnc(-c3ccc(Cl)cc3)n2-c2ccc(F)cc2)c(C)c1. The van der Waals surface area contributed by atoms with Gasteiger partial charge in [-0.15, -0.1) is 10.2 Å². The topological polar surface area (TPSA) is 59.8 Å². The average molecular weight is 467 g/mol. The highest BCUT2D eigenvalue weighted by molar-refractivity contribution is 7.99. The van der Waals surface area contributed by atoms with Crippen molar-refractivity contribution in [3.8, 4) is 17.1 Å². The van der Waals surface area contributed by atoms with E-state index < -0.39 is 0 Å². The van der Waals surface area contributed by atoms with Crippen LogP contribution in [0.5, 0.6) is 0 Å². The van der Waals surface area contributed by atoms with Gasteiger partial charge in [0.2, 0.25) is 5.91 Å². The largest absolute Gasteiger partial charge is 0.325 e. The number of carbonyl (C=O) groups excluding carboxylic acids is 1. The summed E-state index contributed by atoms with van der Waals surface area (Å²) < 4.78 is 15.3. The Kier molecular flexibility index (Phi) is 6.58. The summed E-state index contributed by atoms with van der Waals surface area (Å²) in [5.41, 5.74) is 4.42. The van der Waals surface area contributed by atoms with Crippen molar-refractivity contribution >= 4 is 35.0 Å². The summed E-state index contributed by atoms with van der Waals surface area (Å²) in [6.07, 6.45) is 0. The standard InChI is InChI=1S/C24H20ClFN4OS/c1-15-3-12-21(16(2)13-15)27-22(31)14-32-24-29-28-23(17-4-6-18(25)7-5-17)30(24)20-10-8-19(26)9-11-20/h3-13H,14H2,1-2H3,(H,27,31). The fourth-order valence-corrected chi connectivity index (χ4v) is 4.12. The highest BCUT2D eigenvalue weighted by atomic mass is 35.5. The summed E-state index contributed by atoms with van der Waals surface area (Å²) in [4.78, 5) is 12.6. The normalized spacial score (nSPS) is 10.9. The number of rotatable bonds is 6. The van der Waals surface area contributed by atoms with Gasteiger partial charge in [-0.25, -0.2) is 4.39 Å². The van der Waals surface area contributed by atoms with Gasteiger partial charge in [-0.05, 0) is 74.0 Å². The molecule has 162 valence electrons. The van der Waals surface area contributed by atoms with Crippen LogP contribution < -0.4 is 5.32 Å². The van der Waals surface area contributed by atoms with Crippen LogP contribution in [0.25, 0.3) is 17.1 Å². The Labute approximate surface area is 194 Å². The van der Waals surface area contributed by atoms with Crippen LogP contribution in [0.15, 0.2) is 71.9 Å². The Bertz CT molecular complexity index is 1260. The number of aryl methyl sites for hydroxylation is 2. The van der Waals surface area contributed by atoms with Crippen molar-refractivity contribution in [3.63, 3.8) is 0 Å². The maximum atomic E-state index is 13.5. The first-order chi connectivity index (χ1) is 15.4. The number of halogens is 2. The fraction of sp³-hybridized carbons (Fsp3) is 0.125. The number of hydrogen-bond donors (Lipinski definition) is 1. The third-order valence-corrected chi connectivity index (χ3v) is 5.99. The molecule has 4 aromatic rings. The second kappa shape index (κ2) is 9.54. The number of anilines is 1. The van der Waals surface area contributed by atoms with Crippen LogP contribution >= 0.6 is 23.4 Å². The lowest BCUT2D eigenvalue weighted by atomic mass is 10.1. The first-order valence-corrected chi connectivity index (χ1v) is 11.2. The predicted molar refractivity (Wildman–Crippen MR) is 127 cm³/mol. The van der Waals surface area contributed by atoms with Gasteiger partial charge in [0.1, 0.15) is 5.82 Å². The molecular weight excluding hydrogens is 447 g/mol. The summed E-state index contributed by atoms with van der Waals surface area (Å²) in [6.45, 7) is 3.97. The van der Waals surface area contributed by atoms with E-state index in [4.69, 9.17) is 11.6 Å². The first-order valence-electron chi connectivity index (χ1n) is 9.88. The summed E-state index contributed by atoms with van der Waals surface area (Å²) in [5.74, 6) is 0.235. The minimum absolute atomic E-state index is 0.146. The van der Waals surface area contributed by atoms with E-state index in [1.54, 1.807) is 28.8 Å². The number of amides is 1. The van der Waals surface area contributed by atoms with Gasteiger partial charge >= 0.3 is 0 Å². The van der Waals surface area contributed by atoms with Crippen molar-refractivity contribution in [3.05, 3.63) is 88.7 Å². The zero-order chi connectivity index (χ0) is 22.7. The fourth-order valence-electron chi connectivity index (χ4n) is 3.24. The van der Waals surface area contributed by atoms with Crippen molar-refractivity contribution in [2.24, 2.45) is 0 Å². The molecular formula is C24H20ClFN4OS. The van der Waals surface area contributed by atoms with E-state index in [-0.39, 0.29) is 17.5 Å². The molecule has 0 atom stereocenters. The van der Waals surface area contributed by atoms with Crippen molar-refractivity contribution in [2.45, 2.75) is 19.0 Å². The van der Waals surface area contributed by atoms with Crippen LogP contribution in [-0.4, -0.2) is 26.4 Å². The minimum atomic E-state index is -0.336. The molecule has 32 heavy (non-hydrogen) atoms. The Balaban J connectivity index is 1.60. The Morgan fingerprint density at radius 2 is 1.75 bits per heavy atom. The van der Waals surface area contributed by atoms with Gasteiger partial charge in [-0.3, -0.25) is 9.36 Å². The molecule has 5 nitrogen and oxygen atoms in total. The summed E-state index contributed by atoms with van der Waals surface area (Å²) in [5, 5.41) is 12.7. The number of nitrogens with zero attached hydrogens (tertiary/aromatic N) is 3. The molecule has 0 aliphatic rings. The molecule has 1 amide bonds. The second-order valence-electron chi connectivity index (χ2n) is 7.28. The third-order valence-electron chi connectivity index (χ3n) is 4.81. The third kappa shape index (κ3) is 5.00. The van der Waals surface area contributed by atoms with Gasteiger partial charge in [0.05, 0.1) is 5.75 Å². The minimum Gasteiger partial charge on any atom is -0.325 e. The number of thioether (sulfide) groups is 1. The summed E-state index contributed by atoms with van der Waals surface area (Å²) in [7, 11) is 0. The van der Waals surface area contributed by atoms with Gasteiger partial charge in [0, 0.05) is 22.0 Å². The average Bonchev–Trinajstić information content (AvgIpc) is 3.19. The molecule has 0 radical (unpaired) electrons. The van der Waals surface area contributed by atoms with E-state index in [1.165, 1.54) is 23.9 Å². The number of carbonyl (C=O) groups is 1. The van der Waals surface area contributed by atoms with Gasteiger partial charge < -0.3 is 5.32 Å². The van der Waals surface area contributed by atoms with Crippen LogP contribution in [0.1, 0.15) is 11.1 Å². The van der Waals surface area contributed by atoms with E-state index in [0.29, 0.717) is 21.7 Å². The van der Waals surface area contributed by atoms with E-state index in [9.17, 15) is 9.18 Å². The van der Waals surface area contributed by atoms with Gasteiger partial charge in [0.25, 0.3) is 0 Å². The molecule has 0 saturated carbocycles. The zero-order valence-electron chi connectivity index (χ0n) is 17.5. The molecule has 4 rings (SSSR count). The lowest BCUT2D eigenvalue weighted by Gasteiger charge is -2.11. The quantitative estimate of drug-likeness (QED) is 0.350. The lowest BCUT2D eigenvalue weighted by molar-refractivity contribution is -0.113. The Morgan fingerprint density at radius 1 is 1.03 bits per heavy atom. The number of hydrogen-bond acceptors (Lipinski definition) is 4. The van der Waals surface area contributed by atoms with Crippen molar-refractivity contribution in [1.29, 1.82) is 0 Å². The molecule has 0 bridgehead atoms. The lowest BCUT2D eigenvalue weighted by Crippen LogP contribution is -2.15. The maximum absolute atomic E-state index is 13.5. The van der Waals surface area contributed by atoms with Crippen LogP contribution in [0.4, 0.5) is 10.1 Å². The molecule has 0 spiro atoms. The van der Waals surface area contributed by atoms with E-state index >= 15 is 0 Å². The molecule has 8 heteroatoms. The molecule has 0 aliphatic carbocycles. The number of benzene rings is 3. The molecule has 0 fully saturated rings. The van der Waals surface area contributed by atoms with Gasteiger partial charge in [-0.2, -0.15) is 0 Å². The van der Waals surface area contributed by atoms with Gasteiger partial charge in [-0.1, -0.05) is 41.1 Å².